The third-order valence-electron chi connectivity index (χ3n) is 7.63. The molecule has 5 heteroatoms. The van der Waals surface area contributed by atoms with Gasteiger partial charge in [-0.1, -0.05) is 109 Å². The van der Waals surface area contributed by atoms with Gasteiger partial charge in [-0.3, -0.25) is 0 Å². The van der Waals surface area contributed by atoms with E-state index in [-0.39, 0.29) is 5.56 Å². The molecule has 1 fully saturated rings. The van der Waals surface area contributed by atoms with Crippen molar-refractivity contribution < 1.29 is 23.4 Å². The molecule has 1 heterocycles. The van der Waals surface area contributed by atoms with Crippen molar-refractivity contribution in [3.05, 3.63) is 65.0 Å². The van der Waals surface area contributed by atoms with Crippen molar-refractivity contribution in [3.8, 4) is 5.75 Å². The Bertz CT molecular complexity index is 950. The number of rotatable bonds is 18. The number of carbonyl (C=O) groups is 1. The Morgan fingerprint density at radius 3 is 2.00 bits per heavy atom. The van der Waals surface area contributed by atoms with Crippen LogP contribution in [0.4, 0.5) is 4.39 Å². The fraction of sp³-hybridized carbons (Fsp3) is 0.618. The van der Waals surface area contributed by atoms with E-state index >= 15 is 0 Å². The predicted octanol–water partition coefficient (Wildman–Crippen LogP) is 9.75. The van der Waals surface area contributed by atoms with Gasteiger partial charge >= 0.3 is 5.97 Å². The van der Waals surface area contributed by atoms with Gasteiger partial charge in [-0.25, -0.2) is 9.18 Å². The third kappa shape index (κ3) is 11.4. The normalized spacial score (nSPS) is 17.3. The largest absolute Gasteiger partial charge is 0.423 e. The lowest BCUT2D eigenvalue weighted by Crippen LogP contribution is -2.27. The summed E-state index contributed by atoms with van der Waals surface area (Å²) in [5, 5.41) is 0. The van der Waals surface area contributed by atoms with Crippen LogP contribution in [0.3, 0.4) is 0 Å². The number of unbranched alkanes of at least 4 members (excludes halogenated alkanes) is 11. The molecular weight excluding hydrogens is 491 g/mol. The Labute approximate surface area is 235 Å². The summed E-state index contributed by atoms with van der Waals surface area (Å²) in [5.74, 6) is -0.285. The van der Waals surface area contributed by atoms with E-state index in [0.29, 0.717) is 30.4 Å². The molecule has 3 rings (SSSR count). The van der Waals surface area contributed by atoms with Gasteiger partial charge in [-0.05, 0) is 49.1 Å². The maximum atomic E-state index is 14.9. The van der Waals surface area contributed by atoms with Crippen molar-refractivity contribution in [2.24, 2.45) is 5.92 Å². The zero-order chi connectivity index (χ0) is 27.7. The summed E-state index contributed by atoms with van der Waals surface area (Å²) in [6, 6.07) is 12.0. The molecule has 0 atom stereocenters. The van der Waals surface area contributed by atoms with Crippen LogP contribution in [0.1, 0.15) is 132 Å². The van der Waals surface area contributed by atoms with Crippen LogP contribution in [0.2, 0.25) is 0 Å². The topological polar surface area (TPSA) is 44.8 Å². The first-order valence-corrected chi connectivity index (χ1v) is 15.4. The molecule has 216 valence electrons. The molecule has 0 aromatic heterocycles. The second kappa shape index (κ2) is 18.2. The minimum absolute atomic E-state index is 0.167. The first-order chi connectivity index (χ1) is 19.1. The molecule has 0 bridgehead atoms. The molecule has 0 unspecified atom stereocenters. The van der Waals surface area contributed by atoms with Crippen LogP contribution in [0.5, 0.6) is 5.75 Å². The lowest BCUT2D eigenvalue weighted by atomic mass is 10.0. The Kier molecular flexibility index (Phi) is 14.6. The number of esters is 1. The van der Waals surface area contributed by atoms with E-state index in [1.165, 1.54) is 95.1 Å². The predicted molar refractivity (Wildman–Crippen MR) is 156 cm³/mol. The first kappa shape index (κ1) is 31.3. The van der Waals surface area contributed by atoms with Crippen LogP contribution < -0.4 is 4.74 Å². The maximum absolute atomic E-state index is 14.9. The average molecular weight is 541 g/mol. The zero-order valence-corrected chi connectivity index (χ0v) is 24.2. The number of ether oxygens (including phenoxy) is 3. The fourth-order valence-electron chi connectivity index (χ4n) is 5.12. The fourth-order valence-corrected chi connectivity index (χ4v) is 5.12. The molecule has 1 aliphatic heterocycles. The van der Waals surface area contributed by atoms with Gasteiger partial charge in [0, 0.05) is 11.5 Å². The van der Waals surface area contributed by atoms with Crippen LogP contribution in [0.25, 0.3) is 0 Å². The molecule has 2 aromatic carbocycles. The molecule has 0 N–H and O–H groups in total. The van der Waals surface area contributed by atoms with Crippen LogP contribution in [-0.2, 0) is 15.9 Å². The Morgan fingerprint density at radius 1 is 0.795 bits per heavy atom. The molecule has 1 aliphatic rings. The van der Waals surface area contributed by atoms with E-state index in [1.54, 1.807) is 12.1 Å². The van der Waals surface area contributed by atoms with Gasteiger partial charge in [0.15, 0.2) is 6.29 Å². The van der Waals surface area contributed by atoms with Crippen LogP contribution in [0.15, 0.2) is 42.5 Å². The Balaban J connectivity index is 1.38. The Hall–Kier alpha value is -2.24. The molecule has 39 heavy (non-hydrogen) atoms. The smallest absolute Gasteiger partial charge is 0.343 e. The number of aryl methyl sites for hydroxylation is 1. The second-order valence-corrected chi connectivity index (χ2v) is 11.1. The second-order valence-electron chi connectivity index (χ2n) is 11.1. The van der Waals surface area contributed by atoms with E-state index in [0.717, 1.165) is 12.8 Å². The highest BCUT2D eigenvalue weighted by atomic mass is 19.1. The van der Waals surface area contributed by atoms with E-state index in [9.17, 15) is 9.18 Å². The highest BCUT2D eigenvalue weighted by Gasteiger charge is 2.26. The summed E-state index contributed by atoms with van der Waals surface area (Å²) >= 11 is 0. The van der Waals surface area contributed by atoms with Crippen molar-refractivity contribution in [1.82, 2.24) is 0 Å². The minimum atomic E-state index is -0.737. The summed E-state index contributed by atoms with van der Waals surface area (Å²) < 4.78 is 32.1. The number of carbonyl (C=O) groups excluding carboxylic acids is 1. The molecule has 4 nitrogen and oxygen atoms in total. The number of benzene rings is 2. The SMILES string of the molecule is CCCCCCCCCC1COC(c2ccc(C(=O)Oc3ccc(CCCCCCCC)cc3)cc2F)OC1. The van der Waals surface area contributed by atoms with Crippen molar-refractivity contribution in [1.29, 1.82) is 0 Å². The lowest BCUT2D eigenvalue weighted by Gasteiger charge is -2.30. The van der Waals surface area contributed by atoms with Gasteiger partial charge < -0.3 is 14.2 Å². The molecule has 0 saturated carbocycles. The van der Waals surface area contributed by atoms with Gasteiger partial charge in [-0.15, -0.1) is 0 Å². The van der Waals surface area contributed by atoms with Gasteiger partial charge in [0.2, 0.25) is 0 Å². The molecule has 2 aromatic rings. The van der Waals surface area contributed by atoms with Crippen LogP contribution >= 0.6 is 0 Å². The highest BCUT2D eigenvalue weighted by molar-refractivity contribution is 5.91. The van der Waals surface area contributed by atoms with E-state index in [2.05, 4.69) is 13.8 Å². The third-order valence-corrected chi connectivity index (χ3v) is 7.63. The summed E-state index contributed by atoms with van der Waals surface area (Å²) in [6.07, 6.45) is 18.0. The van der Waals surface area contributed by atoms with Gasteiger partial charge in [0.25, 0.3) is 0 Å². The van der Waals surface area contributed by atoms with Crippen molar-refractivity contribution in [2.75, 3.05) is 13.2 Å². The molecule has 0 spiro atoms. The van der Waals surface area contributed by atoms with Crippen molar-refractivity contribution in [3.63, 3.8) is 0 Å². The summed E-state index contributed by atoms with van der Waals surface area (Å²) in [4.78, 5) is 12.6. The summed E-state index contributed by atoms with van der Waals surface area (Å²) in [5.41, 5.74) is 1.72. The van der Waals surface area contributed by atoms with Crippen LogP contribution in [0, 0.1) is 11.7 Å². The van der Waals surface area contributed by atoms with Crippen LogP contribution in [-0.4, -0.2) is 19.2 Å². The average Bonchev–Trinajstić information content (AvgIpc) is 2.95. The van der Waals surface area contributed by atoms with E-state index in [1.807, 2.05) is 24.3 Å². The van der Waals surface area contributed by atoms with E-state index in [4.69, 9.17) is 14.2 Å². The van der Waals surface area contributed by atoms with Crippen molar-refractivity contribution in [2.45, 2.75) is 116 Å². The summed E-state index contributed by atoms with van der Waals surface area (Å²) in [6.45, 7) is 5.60. The van der Waals surface area contributed by atoms with Gasteiger partial charge in [-0.2, -0.15) is 0 Å². The standard InChI is InChI=1S/C34H49FO4/c1-3-5-7-9-11-13-15-17-28-25-37-34(38-26-28)31-23-20-29(24-32(31)35)33(36)39-30-21-18-27(19-22-30)16-14-12-10-8-6-4-2/h18-24,28,34H,3-17,25-26H2,1-2H3. The number of hydrogen-bond donors (Lipinski definition) is 0. The molecule has 1 saturated heterocycles. The quantitative estimate of drug-likeness (QED) is 0.107. The van der Waals surface area contributed by atoms with E-state index < -0.39 is 18.1 Å². The summed E-state index contributed by atoms with van der Waals surface area (Å²) in [7, 11) is 0. The first-order valence-electron chi connectivity index (χ1n) is 15.4. The number of hydrogen-bond acceptors (Lipinski definition) is 4. The highest BCUT2D eigenvalue weighted by Crippen LogP contribution is 2.30. The van der Waals surface area contributed by atoms with Gasteiger partial charge in [0.1, 0.15) is 11.6 Å². The zero-order valence-electron chi connectivity index (χ0n) is 24.2. The number of halogens is 1. The minimum Gasteiger partial charge on any atom is -0.423 e. The monoisotopic (exact) mass is 540 g/mol. The van der Waals surface area contributed by atoms with Crippen molar-refractivity contribution >= 4 is 5.97 Å². The van der Waals surface area contributed by atoms with Gasteiger partial charge in [0.05, 0.1) is 18.8 Å². The maximum Gasteiger partial charge on any atom is 0.343 e. The lowest BCUT2D eigenvalue weighted by molar-refractivity contribution is -0.207. The molecule has 0 radical (unpaired) electrons. The molecular formula is C34H49FO4. The molecule has 0 aliphatic carbocycles. The molecule has 0 amide bonds. The Morgan fingerprint density at radius 2 is 1.38 bits per heavy atom.